The summed E-state index contributed by atoms with van der Waals surface area (Å²) in [6, 6.07) is 3.77. The summed E-state index contributed by atoms with van der Waals surface area (Å²) in [7, 11) is 0. The molecule has 17 heavy (non-hydrogen) atoms. The Morgan fingerprint density at radius 3 is 2.06 bits per heavy atom. The molecule has 4 heteroatoms. The quantitative estimate of drug-likeness (QED) is 0.756. The maximum Gasteiger partial charge on any atom is 0.135 e. The highest BCUT2D eigenvalue weighted by Gasteiger charge is 2.16. The Bertz CT molecular complexity index is 560. The van der Waals surface area contributed by atoms with Crippen LogP contribution in [0.15, 0.2) is 18.2 Å². The molecular weight excluding hydrogens is 222 g/mol. The van der Waals surface area contributed by atoms with Gasteiger partial charge >= 0.3 is 0 Å². The van der Waals surface area contributed by atoms with Gasteiger partial charge in [0.2, 0.25) is 0 Å². The molecule has 0 spiro atoms. The number of hydrogen-bond donors (Lipinski definition) is 0. The number of hydrogen-bond acceptors (Lipinski definition) is 2. The molecule has 0 atom stereocenters. The first kappa shape index (κ1) is 11.6. The van der Waals surface area contributed by atoms with Crippen molar-refractivity contribution in [3.05, 3.63) is 46.7 Å². The minimum atomic E-state index is -0.620. The van der Waals surface area contributed by atoms with Gasteiger partial charge in [0.1, 0.15) is 17.3 Å². The molecule has 0 N–H and O–H groups in total. The maximum absolute atomic E-state index is 13.6. The standard InChI is InChI=1S/C13H12F2N2/c1-7-8(2)13(17-16-9(7)3)12-10(14)5-4-6-11(12)15/h4-6H,1-3H3. The zero-order valence-corrected chi connectivity index (χ0v) is 9.88. The molecule has 1 heterocycles. The molecule has 0 aliphatic rings. The summed E-state index contributed by atoms with van der Waals surface area (Å²) in [6.45, 7) is 5.47. The highest BCUT2D eigenvalue weighted by molar-refractivity contribution is 5.65. The van der Waals surface area contributed by atoms with Crippen LogP contribution < -0.4 is 0 Å². The summed E-state index contributed by atoms with van der Waals surface area (Å²) in [4.78, 5) is 0. The number of rotatable bonds is 1. The molecule has 0 bridgehead atoms. The SMILES string of the molecule is Cc1nnc(-c2c(F)cccc2F)c(C)c1C. The molecular formula is C13H12F2N2. The van der Waals surface area contributed by atoms with Crippen molar-refractivity contribution in [3.63, 3.8) is 0 Å². The average molecular weight is 234 g/mol. The molecule has 1 aromatic carbocycles. The van der Waals surface area contributed by atoms with Crippen LogP contribution in [0.25, 0.3) is 11.3 Å². The highest BCUT2D eigenvalue weighted by Crippen LogP contribution is 2.28. The van der Waals surface area contributed by atoms with Crippen molar-refractivity contribution in [2.45, 2.75) is 20.8 Å². The van der Waals surface area contributed by atoms with Crippen LogP contribution in [0.2, 0.25) is 0 Å². The molecule has 2 aromatic rings. The second-order valence-electron chi connectivity index (χ2n) is 3.98. The third-order valence-electron chi connectivity index (χ3n) is 2.96. The van der Waals surface area contributed by atoms with Crippen LogP contribution in [0.1, 0.15) is 16.8 Å². The zero-order chi connectivity index (χ0) is 12.6. The molecule has 2 nitrogen and oxygen atoms in total. The Balaban J connectivity index is 2.74. The van der Waals surface area contributed by atoms with E-state index in [1.807, 2.05) is 13.8 Å². The van der Waals surface area contributed by atoms with Gasteiger partial charge in [0.15, 0.2) is 0 Å². The zero-order valence-electron chi connectivity index (χ0n) is 9.88. The molecule has 0 aliphatic carbocycles. The largest absolute Gasteiger partial charge is 0.206 e. The van der Waals surface area contributed by atoms with Gasteiger partial charge < -0.3 is 0 Å². The van der Waals surface area contributed by atoms with Crippen LogP contribution in [0.4, 0.5) is 8.78 Å². The fourth-order valence-electron chi connectivity index (χ4n) is 1.69. The van der Waals surface area contributed by atoms with Crippen molar-refractivity contribution in [1.29, 1.82) is 0 Å². The monoisotopic (exact) mass is 234 g/mol. The number of aryl methyl sites for hydroxylation is 1. The Hall–Kier alpha value is -1.84. The maximum atomic E-state index is 13.6. The Morgan fingerprint density at radius 1 is 0.882 bits per heavy atom. The van der Waals surface area contributed by atoms with Gasteiger partial charge in [0, 0.05) is 0 Å². The van der Waals surface area contributed by atoms with E-state index < -0.39 is 11.6 Å². The van der Waals surface area contributed by atoms with Crippen LogP contribution in [0.5, 0.6) is 0 Å². The predicted octanol–water partition coefficient (Wildman–Crippen LogP) is 3.35. The number of nitrogens with zero attached hydrogens (tertiary/aromatic N) is 2. The van der Waals surface area contributed by atoms with E-state index >= 15 is 0 Å². The third-order valence-corrected chi connectivity index (χ3v) is 2.96. The van der Waals surface area contributed by atoms with Crippen LogP contribution in [-0.4, -0.2) is 10.2 Å². The summed E-state index contributed by atoms with van der Waals surface area (Å²) in [5.41, 5.74) is 2.58. The summed E-state index contributed by atoms with van der Waals surface area (Å²) in [5.74, 6) is -1.24. The van der Waals surface area contributed by atoms with Crippen molar-refractivity contribution in [3.8, 4) is 11.3 Å². The highest BCUT2D eigenvalue weighted by atomic mass is 19.1. The minimum Gasteiger partial charge on any atom is -0.206 e. The molecule has 0 amide bonds. The Morgan fingerprint density at radius 2 is 1.47 bits per heavy atom. The van der Waals surface area contributed by atoms with Gasteiger partial charge in [-0.2, -0.15) is 5.10 Å². The van der Waals surface area contributed by atoms with Crippen molar-refractivity contribution in [1.82, 2.24) is 10.2 Å². The van der Waals surface area contributed by atoms with Crippen molar-refractivity contribution in [2.24, 2.45) is 0 Å². The summed E-state index contributed by atoms with van der Waals surface area (Å²) in [6.07, 6.45) is 0. The smallest absolute Gasteiger partial charge is 0.135 e. The lowest BCUT2D eigenvalue weighted by atomic mass is 10.0. The molecule has 1 aromatic heterocycles. The van der Waals surface area contributed by atoms with Crippen LogP contribution >= 0.6 is 0 Å². The van der Waals surface area contributed by atoms with E-state index in [4.69, 9.17) is 0 Å². The molecule has 2 rings (SSSR count). The summed E-state index contributed by atoms with van der Waals surface area (Å²) < 4.78 is 27.3. The van der Waals surface area contributed by atoms with E-state index in [1.54, 1.807) is 6.92 Å². The van der Waals surface area contributed by atoms with Gasteiger partial charge in [-0.05, 0) is 44.0 Å². The average Bonchev–Trinajstić information content (AvgIpc) is 2.29. The molecule has 88 valence electrons. The van der Waals surface area contributed by atoms with Gasteiger partial charge in [0.05, 0.1) is 11.3 Å². The normalized spacial score (nSPS) is 10.6. The van der Waals surface area contributed by atoms with Crippen LogP contribution in [0, 0.1) is 32.4 Å². The topological polar surface area (TPSA) is 25.8 Å². The second kappa shape index (κ2) is 4.20. The number of benzene rings is 1. The predicted molar refractivity (Wildman–Crippen MR) is 61.6 cm³/mol. The first-order valence-corrected chi connectivity index (χ1v) is 5.27. The van der Waals surface area contributed by atoms with Crippen molar-refractivity contribution < 1.29 is 8.78 Å². The molecule has 0 saturated carbocycles. The fourth-order valence-corrected chi connectivity index (χ4v) is 1.69. The Kier molecular flexibility index (Phi) is 2.88. The van der Waals surface area contributed by atoms with E-state index in [1.165, 1.54) is 18.2 Å². The minimum absolute atomic E-state index is 0.111. The number of aromatic nitrogens is 2. The lowest BCUT2D eigenvalue weighted by molar-refractivity contribution is 0.587. The van der Waals surface area contributed by atoms with Gasteiger partial charge in [-0.25, -0.2) is 8.78 Å². The van der Waals surface area contributed by atoms with Gasteiger partial charge in [-0.3, -0.25) is 0 Å². The van der Waals surface area contributed by atoms with E-state index in [0.29, 0.717) is 0 Å². The van der Waals surface area contributed by atoms with Gasteiger partial charge in [-0.15, -0.1) is 5.10 Å². The lowest BCUT2D eigenvalue weighted by Gasteiger charge is -2.10. The third kappa shape index (κ3) is 1.90. The summed E-state index contributed by atoms with van der Waals surface area (Å²) >= 11 is 0. The fraction of sp³-hybridized carbons (Fsp3) is 0.231. The van der Waals surface area contributed by atoms with Gasteiger partial charge in [0.25, 0.3) is 0 Å². The second-order valence-corrected chi connectivity index (χ2v) is 3.98. The van der Waals surface area contributed by atoms with E-state index in [0.717, 1.165) is 16.8 Å². The van der Waals surface area contributed by atoms with E-state index in [2.05, 4.69) is 10.2 Å². The molecule has 0 aliphatic heterocycles. The summed E-state index contributed by atoms with van der Waals surface area (Å²) in [5, 5.41) is 7.82. The van der Waals surface area contributed by atoms with Crippen molar-refractivity contribution >= 4 is 0 Å². The van der Waals surface area contributed by atoms with E-state index in [9.17, 15) is 8.78 Å². The molecule has 0 radical (unpaired) electrons. The Labute approximate surface area is 98.3 Å². The first-order valence-electron chi connectivity index (χ1n) is 5.27. The first-order chi connectivity index (χ1) is 8.02. The molecule has 0 fully saturated rings. The van der Waals surface area contributed by atoms with Crippen LogP contribution in [0.3, 0.4) is 0 Å². The number of halogens is 2. The van der Waals surface area contributed by atoms with Crippen molar-refractivity contribution in [2.75, 3.05) is 0 Å². The lowest BCUT2D eigenvalue weighted by Crippen LogP contribution is -2.02. The molecule has 0 saturated heterocycles. The van der Waals surface area contributed by atoms with Gasteiger partial charge in [-0.1, -0.05) is 6.07 Å². The van der Waals surface area contributed by atoms with Crippen LogP contribution in [-0.2, 0) is 0 Å². The molecule has 0 unspecified atom stereocenters. The van der Waals surface area contributed by atoms with E-state index in [-0.39, 0.29) is 11.3 Å².